The molecule has 1 atom stereocenters. The molecule has 0 aliphatic carbocycles. The van der Waals surface area contributed by atoms with Gasteiger partial charge >= 0.3 is 0 Å². The monoisotopic (exact) mass is 463 g/mol. The Kier molecular flexibility index (Phi) is 5.57. The molecule has 31 heavy (non-hydrogen) atoms. The van der Waals surface area contributed by atoms with Crippen LogP contribution in [-0.4, -0.2) is 70.9 Å². The fraction of sp³-hybridized carbons (Fsp3) is 0.381. The minimum atomic E-state index is -3.84. The highest BCUT2D eigenvalue weighted by Gasteiger charge is 2.37. The number of rotatable bonds is 5. The standard InChI is InChI=1S/C21H25N3O5S2/c1-22(2)24(18-11-13-30(26,27)15-18)21(25)17-7-5-8-19(14-17)31(28,29)23-12-10-16-6-3-4-9-20(16)23/h3-9,14,18H,10-13,15H2,1-2H3/t18-/m1/s1. The lowest BCUT2D eigenvalue weighted by Gasteiger charge is -2.34. The Morgan fingerprint density at radius 3 is 2.52 bits per heavy atom. The Balaban J connectivity index is 1.66. The first-order valence-electron chi connectivity index (χ1n) is 10.0. The van der Waals surface area contributed by atoms with Gasteiger partial charge in [0.25, 0.3) is 15.9 Å². The third-order valence-corrected chi connectivity index (χ3v) is 9.27. The lowest BCUT2D eigenvalue weighted by molar-refractivity contribution is 0.000988. The number of para-hydroxylation sites is 1. The Labute approximate surface area is 183 Å². The van der Waals surface area contributed by atoms with E-state index in [-0.39, 0.29) is 22.0 Å². The second-order valence-electron chi connectivity index (χ2n) is 8.04. The molecule has 0 radical (unpaired) electrons. The summed E-state index contributed by atoms with van der Waals surface area (Å²) in [6, 6.07) is 12.9. The lowest BCUT2D eigenvalue weighted by Crippen LogP contribution is -2.49. The molecular weight excluding hydrogens is 438 g/mol. The summed E-state index contributed by atoms with van der Waals surface area (Å²) in [7, 11) is -3.68. The van der Waals surface area contributed by atoms with Crippen molar-refractivity contribution in [2.45, 2.75) is 23.8 Å². The van der Waals surface area contributed by atoms with Gasteiger partial charge in [-0.3, -0.25) is 14.1 Å². The summed E-state index contributed by atoms with van der Waals surface area (Å²) < 4.78 is 51.9. The average molecular weight is 464 g/mol. The van der Waals surface area contributed by atoms with Gasteiger partial charge in [-0.25, -0.2) is 21.8 Å². The van der Waals surface area contributed by atoms with E-state index >= 15 is 0 Å². The number of hydrogen-bond acceptors (Lipinski definition) is 6. The molecule has 2 aliphatic heterocycles. The van der Waals surface area contributed by atoms with Crippen molar-refractivity contribution in [1.29, 1.82) is 0 Å². The maximum absolute atomic E-state index is 13.3. The highest BCUT2D eigenvalue weighted by molar-refractivity contribution is 7.93. The van der Waals surface area contributed by atoms with Crippen molar-refractivity contribution in [3.8, 4) is 0 Å². The number of hydrazine groups is 1. The van der Waals surface area contributed by atoms with Crippen LogP contribution in [0.2, 0.25) is 0 Å². The zero-order chi connectivity index (χ0) is 22.4. The molecule has 10 heteroatoms. The van der Waals surface area contributed by atoms with Gasteiger partial charge in [0.1, 0.15) is 0 Å². The van der Waals surface area contributed by atoms with Crippen molar-refractivity contribution in [3.05, 3.63) is 59.7 Å². The van der Waals surface area contributed by atoms with Crippen molar-refractivity contribution in [2.24, 2.45) is 0 Å². The number of benzene rings is 2. The van der Waals surface area contributed by atoms with E-state index in [2.05, 4.69) is 0 Å². The van der Waals surface area contributed by atoms with Crippen LogP contribution in [0.15, 0.2) is 53.4 Å². The van der Waals surface area contributed by atoms with Gasteiger partial charge in [-0.1, -0.05) is 24.3 Å². The van der Waals surface area contributed by atoms with Crippen LogP contribution in [-0.2, 0) is 26.3 Å². The minimum absolute atomic E-state index is 0.0350. The van der Waals surface area contributed by atoms with Crippen LogP contribution in [0.1, 0.15) is 22.3 Å². The van der Waals surface area contributed by atoms with Gasteiger partial charge in [0.2, 0.25) is 0 Å². The zero-order valence-corrected chi connectivity index (χ0v) is 19.1. The van der Waals surface area contributed by atoms with Crippen LogP contribution in [0, 0.1) is 0 Å². The molecule has 2 aromatic rings. The molecule has 0 spiro atoms. The van der Waals surface area contributed by atoms with Crippen molar-refractivity contribution < 1.29 is 21.6 Å². The Morgan fingerprint density at radius 1 is 1.10 bits per heavy atom. The Hall–Kier alpha value is -2.43. The first kappa shape index (κ1) is 21.8. The van der Waals surface area contributed by atoms with Crippen LogP contribution >= 0.6 is 0 Å². The predicted molar refractivity (Wildman–Crippen MR) is 118 cm³/mol. The molecule has 0 unspecified atom stereocenters. The van der Waals surface area contributed by atoms with E-state index in [0.717, 1.165) is 5.56 Å². The smallest absolute Gasteiger partial charge is 0.268 e. The summed E-state index contributed by atoms with van der Waals surface area (Å²) in [6.07, 6.45) is 0.993. The van der Waals surface area contributed by atoms with E-state index in [0.29, 0.717) is 25.1 Å². The van der Waals surface area contributed by atoms with Crippen molar-refractivity contribution in [1.82, 2.24) is 10.0 Å². The third-order valence-electron chi connectivity index (χ3n) is 5.71. The van der Waals surface area contributed by atoms with Gasteiger partial charge in [-0.2, -0.15) is 0 Å². The Morgan fingerprint density at radius 2 is 1.84 bits per heavy atom. The summed E-state index contributed by atoms with van der Waals surface area (Å²) in [5.41, 5.74) is 1.83. The van der Waals surface area contributed by atoms with Gasteiger partial charge in [-0.05, 0) is 42.7 Å². The average Bonchev–Trinajstić information content (AvgIpc) is 3.31. The number of carbonyl (C=O) groups excluding carboxylic acids is 1. The molecular formula is C21H25N3O5S2. The van der Waals surface area contributed by atoms with Crippen LogP contribution in [0.4, 0.5) is 5.69 Å². The minimum Gasteiger partial charge on any atom is -0.268 e. The zero-order valence-electron chi connectivity index (χ0n) is 17.4. The summed E-state index contributed by atoms with van der Waals surface area (Å²) >= 11 is 0. The van der Waals surface area contributed by atoms with Crippen molar-refractivity contribution >= 4 is 31.5 Å². The van der Waals surface area contributed by atoms with E-state index in [1.54, 1.807) is 43.4 Å². The molecule has 166 valence electrons. The van der Waals surface area contributed by atoms with E-state index in [1.165, 1.54) is 21.4 Å². The quantitative estimate of drug-likeness (QED) is 0.625. The first-order chi connectivity index (χ1) is 14.6. The largest absolute Gasteiger partial charge is 0.268 e. The Bertz CT molecular complexity index is 1230. The molecule has 8 nitrogen and oxygen atoms in total. The summed E-state index contributed by atoms with van der Waals surface area (Å²) in [4.78, 5) is 13.3. The summed E-state index contributed by atoms with van der Waals surface area (Å²) in [5, 5.41) is 2.97. The number of nitrogens with zero attached hydrogens (tertiary/aromatic N) is 3. The maximum Gasteiger partial charge on any atom is 0.268 e. The summed E-state index contributed by atoms with van der Waals surface area (Å²) in [5.74, 6) is -0.483. The van der Waals surface area contributed by atoms with E-state index < -0.39 is 31.8 Å². The van der Waals surface area contributed by atoms with Crippen LogP contribution in [0.5, 0.6) is 0 Å². The third kappa shape index (κ3) is 4.07. The highest BCUT2D eigenvalue weighted by atomic mass is 32.2. The second-order valence-corrected chi connectivity index (χ2v) is 12.1. The number of fused-ring (bicyclic) bond motifs is 1. The number of amides is 1. The summed E-state index contributed by atoms with van der Waals surface area (Å²) in [6.45, 7) is 0.351. The van der Waals surface area contributed by atoms with Gasteiger partial charge in [0, 0.05) is 26.2 Å². The van der Waals surface area contributed by atoms with Gasteiger partial charge < -0.3 is 0 Å². The van der Waals surface area contributed by atoms with E-state index in [4.69, 9.17) is 0 Å². The van der Waals surface area contributed by atoms with Gasteiger partial charge in [-0.15, -0.1) is 0 Å². The molecule has 0 saturated carbocycles. The molecule has 4 rings (SSSR count). The lowest BCUT2D eigenvalue weighted by atomic mass is 10.1. The van der Waals surface area contributed by atoms with Crippen LogP contribution in [0.3, 0.4) is 0 Å². The topological polar surface area (TPSA) is 95.1 Å². The molecule has 1 fully saturated rings. The number of carbonyl (C=O) groups is 1. The predicted octanol–water partition coefficient (Wildman–Crippen LogP) is 1.54. The molecule has 2 heterocycles. The molecule has 0 bridgehead atoms. The molecule has 1 saturated heterocycles. The van der Waals surface area contributed by atoms with Gasteiger partial charge in [0.05, 0.1) is 28.1 Å². The molecule has 1 amide bonds. The number of sulfonamides is 1. The number of anilines is 1. The SMILES string of the molecule is CN(C)N(C(=O)c1cccc(S(=O)(=O)N2CCc3ccccc32)c1)[C@@H]1CCS(=O)(=O)C1. The van der Waals surface area contributed by atoms with Crippen molar-refractivity contribution in [2.75, 3.05) is 36.5 Å². The van der Waals surface area contributed by atoms with Crippen molar-refractivity contribution in [3.63, 3.8) is 0 Å². The molecule has 0 aromatic heterocycles. The van der Waals surface area contributed by atoms with Crippen LogP contribution in [0.25, 0.3) is 0 Å². The first-order valence-corrected chi connectivity index (χ1v) is 13.3. The maximum atomic E-state index is 13.3. The number of hydrogen-bond donors (Lipinski definition) is 0. The normalized spacial score (nSPS) is 20.1. The molecule has 2 aliphatic rings. The van der Waals surface area contributed by atoms with Gasteiger partial charge in [0.15, 0.2) is 9.84 Å². The molecule has 2 aromatic carbocycles. The fourth-order valence-corrected chi connectivity index (χ4v) is 7.49. The van der Waals surface area contributed by atoms with E-state index in [9.17, 15) is 21.6 Å². The van der Waals surface area contributed by atoms with Crippen LogP contribution < -0.4 is 4.31 Å². The second kappa shape index (κ2) is 7.92. The highest BCUT2D eigenvalue weighted by Crippen LogP contribution is 2.33. The molecule has 0 N–H and O–H groups in total. The fourth-order valence-electron chi connectivity index (χ4n) is 4.25. The number of sulfone groups is 1. The van der Waals surface area contributed by atoms with E-state index in [1.807, 2.05) is 12.1 Å².